The van der Waals surface area contributed by atoms with E-state index < -0.39 is 16.4 Å². The molecule has 2 aromatic carbocycles. The molecule has 0 unspecified atom stereocenters. The maximum atomic E-state index is 12.7. The van der Waals surface area contributed by atoms with Gasteiger partial charge in [0, 0.05) is 29.1 Å². The second-order valence-corrected chi connectivity index (χ2v) is 6.07. The molecule has 4 rings (SSSR count). The Morgan fingerprint density at radius 1 is 1.16 bits per heavy atom. The van der Waals surface area contributed by atoms with Crippen LogP contribution in [0.15, 0.2) is 45.8 Å². The molecule has 3 aromatic rings. The van der Waals surface area contributed by atoms with Gasteiger partial charge in [0.1, 0.15) is 11.3 Å². The van der Waals surface area contributed by atoms with Crippen LogP contribution in [0.25, 0.3) is 11.0 Å². The number of hydrogen-bond donors (Lipinski definition) is 0. The molecule has 1 aromatic heterocycles. The predicted molar refractivity (Wildman–Crippen MR) is 92.7 cm³/mol. The van der Waals surface area contributed by atoms with Gasteiger partial charge in [0.25, 0.3) is 5.69 Å². The van der Waals surface area contributed by atoms with E-state index in [0.717, 1.165) is 37.0 Å². The van der Waals surface area contributed by atoms with Crippen molar-refractivity contribution < 1.29 is 14.4 Å². The summed E-state index contributed by atoms with van der Waals surface area (Å²) in [6.07, 6.45) is 5.07. The molecule has 1 aliphatic rings. The Morgan fingerprint density at radius 2 is 1.92 bits per heavy atom. The van der Waals surface area contributed by atoms with Crippen LogP contribution in [0.2, 0.25) is 0 Å². The SMILES string of the molecule is O=[N+]([O-])c1cc2oc3c(c2c(C=Nc2ccccc2)c1[O-])CCCC3. The van der Waals surface area contributed by atoms with E-state index in [1.165, 1.54) is 12.3 Å². The van der Waals surface area contributed by atoms with E-state index in [0.29, 0.717) is 16.7 Å². The third-order valence-corrected chi connectivity index (χ3v) is 4.51. The molecule has 126 valence electrons. The van der Waals surface area contributed by atoms with Gasteiger partial charge in [0.05, 0.1) is 16.7 Å². The smallest absolute Gasteiger partial charge is 0.266 e. The second-order valence-electron chi connectivity index (χ2n) is 6.07. The quantitative estimate of drug-likeness (QED) is 0.410. The van der Waals surface area contributed by atoms with E-state index in [-0.39, 0.29) is 5.56 Å². The summed E-state index contributed by atoms with van der Waals surface area (Å²) >= 11 is 0. The third kappa shape index (κ3) is 2.65. The van der Waals surface area contributed by atoms with E-state index >= 15 is 0 Å². The largest absolute Gasteiger partial charge is 0.867 e. The van der Waals surface area contributed by atoms with Crippen molar-refractivity contribution in [1.29, 1.82) is 0 Å². The van der Waals surface area contributed by atoms with E-state index in [1.807, 2.05) is 18.2 Å². The minimum absolute atomic E-state index is 0.236. The highest BCUT2D eigenvalue weighted by Gasteiger charge is 2.23. The number of para-hydroxylation sites is 1. The molecule has 0 saturated carbocycles. The fourth-order valence-corrected chi connectivity index (χ4v) is 3.34. The predicted octanol–water partition coefficient (Wildman–Crippen LogP) is 4.04. The standard InChI is InChI=1S/C19H16N2O4/c22-19-14(11-20-12-6-2-1-3-7-12)18-13-8-4-5-9-16(13)25-17(18)10-15(19)21(23)24/h1-3,6-7,10-11,22H,4-5,8-9H2/p-1. The molecule has 0 atom stereocenters. The van der Waals surface area contributed by atoms with Gasteiger partial charge in [-0.25, -0.2) is 0 Å². The van der Waals surface area contributed by atoms with Crippen molar-refractivity contribution in [2.24, 2.45) is 4.99 Å². The first kappa shape index (κ1) is 15.4. The van der Waals surface area contributed by atoms with E-state index in [1.54, 1.807) is 12.1 Å². The van der Waals surface area contributed by atoms with Crippen molar-refractivity contribution in [3.63, 3.8) is 0 Å². The molecule has 25 heavy (non-hydrogen) atoms. The van der Waals surface area contributed by atoms with E-state index in [2.05, 4.69) is 4.99 Å². The molecule has 6 nitrogen and oxygen atoms in total. The summed E-state index contributed by atoms with van der Waals surface area (Å²) in [7, 11) is 0. The summed E-state index contributed by atoms with van der Waals surface area (Å²) < 4.78 is 5.82. The zero-order valence-corrected chi connectivity index (χ0v) is 13.4. The topological polar surface area (TPSA) is 91.7 Å². The summed E-state index contributed by atoms with van der Waals surface area (Å²) in [4.78, 5) is 14.9. The summed E-state index contributed by atoms with van der Waals surface area (Å²) in [5.41, 5.74) is 1.82. The van der Waals surface area contributed by atoms with Crippen LogP contribution in [0.4, 0.5) is 11.4 Å². The molecule has 1 aliphatic carbocycles. The number of hydrogen-bond acceptors (Lipinski definition) is 5. The zero-order chi connectivity index (χ0) is 17.4. The Balaban J connectivity index is 1.96. The average Bonchev–Trinajstić information content (AvgIpc) is 2.99. The van der Waals surface area contributed by atoms with Crippen LogP contribution in [-0.2, 0) is 12.8 Å². The van der Waals surface area contributed by atoms with Crippen molar-refractivity contribution in [1.82, 2.24) is 0 Å². The summed E-state index contributed by atoms with van der Waals surface area (Å²) in [5.74, 6) is 0.210. The van der Waals surface area contributed by atoms with Crippen LogP contribution >= 0.6 is 0 Å². The van der Waals surface area contributed by atoms with E-state index in [4.69, 9.17) is 4.42 Å². The lowest BCUT2D eigenvalue weighted by molar-refractivity contribution is -0.398. The molecule has 0 bridgehead atoms. The number of nitro groups is 1. The minimum atomic E-state index is -0.664. The Kier molecular flexibility index (Phi) is 3.72. The summed E-state index contributed by atoms with van der Waals surface area (Å²) in [5, 5.41) is 24.6. The van der Waals surface area contributed by atoms with Crippen molar-refractivity contribution in [3.05, 3.63) is 63.4 Å². The second kappa shape index (κ2) is 6.05. The van der Waals surface area contributed by atoms with Crippen LogP contribution in [0.5, 0.6) is 5.75 Å². The maximum Gasteiger partial charge on any atom is 0.266 e. The van der Waals surface area contributed by atoms with Gasteiger partial charge < -0.3 is 9.52 Å². The lowest BCUT2D eigenvalue weighted by atomic mass is 9.93. The van der Waals surface area contributed by atoms with Crippen LogP contribution < -0.4 is 5.11 Å². The van der Waals surface area contributed by atoms with Gasteiger partial charge in [-0.3, -0.25) is 15.1 Å². The number of fused-ring (bicyclic) bond motifs is 3. The monoisotopic (exact) mass is 335 g/mol. The maximum absolute atomic E-state index is 12.7. The number of rotatable bonds is 3. The van der Waals surface area contributed by atoms with Crippen LogP contribution in [0.3, 0.4) is 0 Å². The lowest BCUT2D eigenvalue weighted by Gasteiger charge is -2.14. The summed E-state index contributed by atoms with van der Waals surface area (Å²) in [6, 6.07) is 10.4. The number of nitro benzene ring substituents is 1. The summed E-state index contributed by atoms with van der Waals surface area (Å²) in [6.45, 7) is 0. The number of aryl methyl sites for hydroxylation is 2. The first-order chi connectivity index (χ1) is 12.1. The Morgan fingerprint density at radius 3 is 2.68 bits per heavy atom. The average molecular weight is 335 g/mol. The fourth-order valence-electron chi connectivity index (χ4n) is 3.34. The molecular formula is C19H15N2O4-. The molecule has 0 aliphatic heterocycles. The Bertz CT molecular complexity index is 990. The molecule has 0 saturated heterocycles. The Labute approximate surface area is 143 Å². The van der Waals surface area contributed by atoms with Crippen molar-refractivity contribution in [2.45, 2.75) is 25.7 Å². The lowest BCUT2D eigenvalue weighted by Crippen LogP contribution is -2.04. The first-order valence-electron chi connectivity index (χ1n) is 8.17. The highest BCUT2D eigenvalue weighted by Crippen LogP contribution is 2.40. The Hall–Kier alpha value is -3.15. The van der Waals surface area contributed by atoms with Gasteiger partial charge in [-0.05, 0) is 37.1 Å². The number of furan rings is 1. The first-order valence-corrected chi connectivity index (χ1v) is 8.17. The fraction of sp³-hybridized carbons (Fsp3) is 0.211. The van der Waals surface area contributed by atoms with Gasteiger partial charge in [-0.1, -0.05) is 18.2 Å². The van der Waals surface area contributed by atoms with Gasteiger partial charge >= 0.3 is 0 Å². The number of benzene rings is 2. The highest BCUT2D eigenvalue weighted by molar-refractivity contribution is 6.05. The molecule has 1 heterocycles. The van der Waals surface area contributed by atoms with E-state index in [9.17, 15) is 15.2 Å². The molecule has 0 radical (unpaired) electrons. The third-order valence-electron chi connectivity index (χ3n) is 4.51. The van der Waals surface area contributed by atoms with Crippen LogP contribution in [0.1, 0.15) is 29.7 Å². The molecule has 0 amide bonds. The zero-order valence-electron chi connectivity index (χ0n) is 13.4. The van der Waals surface area contributed by atoms with Gasteiger partial charge in [-0.15, -0.1) is 0 Å². The molecule has 0 spiro atoms. The van der Waals surface area contributed by atoms with Crippen molar-refractivity contribution in [2.75, 3.05) is 0 Å². The van der Waals surface area contributed by atoms with Crippen molar-refractivity contribution in [3.8, 4) is 5.75 Å². The molecule has 6 heteroatoms. The van der Waals surface area contributed by atoms with Crippen molar-refractivity contribution >= 4 is 28.6 Å². The van der Waals surface area contributed by atoms with Gasteiger partial charge in [-0.2, -0.15) is 0 Å². The minimum Gasteiger partial charge on any atom is -0.867 e. The van der Waals surface area contributed by atoms with Gasteiger partial charge in [0.2, 0.25) is 0 Å². The van der Waals surface area contributed by atoms with Gasteiger partial charge in [0.15, 0.2) is 0 Å². The number of nitrogens with zero attached hydrogens (tertiary/aromatic N) is 2. The van der Waals surface area contributed by atoms with Crippen LogP contribution in [-0.4, -0.2) is 11.1 Å². The molecule has 0 fully saturated rings. The molecular weight excluding hydrogens is 320 g/mol. The highest BCUT2D eigenvalue weighted by atomic mass is 16.6. The molecule has 0 N–H and O–H groups in total. The van der Waals surface area contributed by atoms with Crippen LogP contribution in [0, 0.1) is 10.1 Å². The number of aliphatic imine (C=N–C) groups is 1. The normalized spacial score (nSPS) is 14.1.